The van der Waals surface area contributed by atoms with Gasteiger partial charge in [0.25, 0.3) is 0 Å². The molecule has 1 aromatic heterocycles. The Balaban J connectivity index is 2.34. The van der Waals surface area contributed by atoms with Crippen LogP contribution in [0.15, 0.2) is 36.4 Å². The van der Waals surface area contributed by atoms with Crippen molar-refractivity contribution >= 4 is 11.7 Å². The third-order valence-electron chi connectivity index (χ3n) is 2.83. The minimum atomic E-state index is -4.55. The van der Waals surface area contributed by atoms with Crippen molar-refractivity contribution in [2.45, 2.75) is 13.1 Å². The normalized spacial score (nSPS) is 11.1. The molecule has 0 fully saturated rings. The highest BCUT2D eigenvalue weighted by Crippen LogP contribution is 2.37. The van der Waals surface area contributed by atoms with Crippen molar-refractivity contribution in [2.24, 2.45) is 0 Å². The molecule has 0 aliphatic carbocycles. The number of carboxylic acids is 1. The molecule has 0 spiro atoms. The van der Waals surface area contributed by atoms with Crippen molar-refractivity contribution in [3.05, 3.63) is 47.7 Å². The topological polar surface area (TPSA) is 71.5 Å². The van der Waals surface area contributed by atoms with Crippen molar-refractivity contribution < 1.29 is 27.8 Å². The van der Waals surface area contributed by atoms with Gasteiger partial charge in [0, 0.05) is 18.3 Å². The van der Waals surface area contributed by atoms with Gasteiger partial charge in [0.15, 0.2) is 5.69 Å². The summed E-state index contributed by atoms with van der Waals surface area (Å²) in [6.45, 7) is 2.03. The van der Waals surface area contributed by atoms with E-state index in [9.17, 15) is 18.0 Å². The molecule has 122 valence electrons. The van der Waals surface area contributed by atoms with E-state index in [4.69, 9.17) is 9.84 Å². The number of aromatic carboxylic acids is 1. The van der Waals surface area contributed by atoms with Crippen LogP contribution in [0, 0.1) is 0 Å². The monoisotopic (exact) mass is 326 g/mol. The number of benzene rings is 1. The van der Waals surface area contributed by atoms with E-state index in [-0.39, 0.29) is 23.0 Å². The average Bonchev–Trinajstić information content (AvgIpc) is 2.48. The zero-order chi connectivity index (χ0) is 17.0. The Morgan fingerprint density at radius 3 is 2.65 bits per heavy atom. The summed E-state index contributed by atoms with van der Waals surface area (Å²) in [7, 11) is 0. The minimum Gasteiger partial charge on any atom is -0.477 e. The summed E-state index contributed by atoms with van der Waals surface area (Å²) in [6, 6.07) is 7.45. The molecule has 0 atom stereocenters. The maximum Gasteiger partial charge on any atom is 0.418 e. The maximum absolute atomic E-state index is 13.1. The van der Waals surface area contributed by atoms with Gasteiger partial charge in [0.2, 0.25) is 5.88 Å². The lowest BCUT2D eigenvalue weighted by Crippen LogP contribution is -2.11. The standard InChI is InChI=1S/C15H13F3N2O3/c1-2-19-11-7-6-9(8-10(11)15(16,17)18)23-13-5-3-4-12(20-13)14(21)22/h3-8,19H,2H2,1H3,(H,21,22). The van der Waals surface area contributed by atoms with Gasteiger partial charge in [-0.3, -0.25) is 0 Å². The number of alkyl halides is 3. The van der Waals surface area contributed by atoms with Crippen LogP contribution >= 0.6 is 0 Å². The second kappa shape index (κ2) is 6.55. The predicted octanol–water partition coefficient (Wildman–Crippen LogP) is 4.02. The van der Waals surface area contributed by atoms with Crippen LogP contribution in [0.4, 0.5) is 18.9 Å². The summed E-state index contributed by atoms with van der Waals surface area (Å²) >= 11 is 0. The van der Waals surface area contributed by atoms with E-state index >= 15 is 0 Å². The van der Waals surface area contributed by atoms with Crippen LogP contribution in [0.2, 0.25) is 0 Å². The molecule has 8 heteroatoms. The van der Waals surface area contributed by atoms with E-state index < -0.39 is 17.7 Å². The first kappa shape index (κ1) is 16.6. The molecule has 2 rings (SSSR count). The Kier molecular flexibility index (Phi) is 4.73. The Bertz CT molecular complexity index is 717. The van der Waals surface area contributed by atoms with E-state index in [2.05, 4.69) is 10.3 Å². The van der Waals surface area contributed by atoms with Crippen molar-refractivity contribution in [3.8, 4) is 11.6 Å². The summed E-state index contributed by atoms with van der Waals surface area (Å²) in [5.74, 6) is -1.45. The summed E-state index contributed by atoms with van der Waals surface area (Å²) < 4.78 is 44.5. The number of aromatic nitrogens is 1. The maximum atomic E-state index is 13.1. The molecular formula is C15H13F3N2O3. The fourth-order valence-corrected chi connectivity index (χ4v) is 1.88. The van der Waals surface area contributed by atoms with Crippen LogP contribution in [0.1, 0.15) is 23.0 Å². The second-order valence-electron chi connectivity index (χ2n) is 4.50. The SMILES string of the molecule is CCNc1ccc(Oc2cccc(C(=O)O)n2)cc1C(F)(F)F. The number of hydrogen-bond donors (Lipinski definition) is 2. The third kappa shape index (κ3) is 4.12. The molecule has 23 heavy (non-hydrogen) atoms. The molecule has 0 saturated carbocycles. The Morgan fingerprint density at radius 1 is 1.30 bits per heavy atom. The van der Waals surface area contributed by atoms with Gasteiger partial charge in [-0.2, -0.15) is 13.2 Å². The average molecular weight is 326 g/mol. The fraction of sp³-hybridized carbons (Fsp3) is 0.200. The highest BCUT2D eigenvalue weighted by atomic mass is 19.4. The summed E-state index contributed by atoms with van der Waals surface area (Å²) in [5.41, 5.74) is -1.19. The van der Waals surface area contributed by atoms with E-state index in [0.29, 0.717) is 6.54 Å². The molecule has 2 aromatic rings. The molecule has 0 saturated heterocycles. The smallest absolute Gasteiger partial charge is 0.418 e. The second-order valence-corrected chi connectivity index (χ2v) is 4.50. The number of hydrogen-bond acceptors (Lipinski definition) is 4. The fourth-order valence-electron chi connectivity index (χ4n) is 1.88. The van der Waals surface area contributed by atoms with E-state index in [1.807, 2.05) is 0 Å². The number of carboxylic acid groups (broad SMARTS) is 1. The number of nitrogens with zero attached hydrogens (tertiary/aromatic N) is 1. The number of rotatable bonds is 5. The van der Waals surface area contributed by atoms with Gasteiger partial charge >= 0.3 is 12.1 Å². The molecule has 0 radical (unpaired) electrons. The van der Waals surface area contributed by atoms with Crippen LogP contribution in [-0.4, -0.2) is 22.6 Å². The van der Waals surface area contributed by atoms with Gasteiger partial charge in [-0.15, -0.1) is 0 Å². The van der Waals surface area contributed by atoms with E-state index in [1.54, 1.807) is 6.92 Å². The largest absolute Gasteiger partial charge is 0.477 e. The molecule has 5 nitrogen and oxygen atoms in total. The lowest BCUT2D eigenvalue weighted by molar-refractivity contribution is -0.137. The predicted molar refractivity (Wildman–Crippen MR) is 76.9 cm³/mol. The number of anilines is 1. The van der Waals surface area contributed by atoms with Crippen LogP contribution in [0.3, 0.4) is 0 Å². The van der Waals surface area contributed by atoms with Crippen molar-refractivity contribution in [1.82, 2.24) is 4.98 Å². The molecule has 0 amide bonds. The Morgan fingerprint density at radius 2 is 2.04 bits per heavy atom. The Labute approximate surface area is 129 Å². The lowest BCUT2D eigenvalue weighted by atomic mass is 10.1. The molecule has 2 N–H and O–H groups in total. The number of nitrogens with one attached hydrogen (secondary N) is 1. The molecular weight excluding hydrogens is 313 g/mol. The zero-order valence-electron chi connectivity index (χ0n) is 12.0. The summed E-state index contributed by atoms with van der Waals surface area (Å²) in [5, 5.41) is 11.5. The molecule has 0 bridgehead atoms. The van der Waals surface area contributed by atoms with Gasteiger partial charge in [0.1, 0.15) is 5.75 Å². The first-order valence-corrected chi connectivity index (χ1v) is 6.64. The molecule has 0 aliphatic heterocycles. The highest BCUT2D eigenvalue weighted by molar-refractivity contribution is 5.85. The lowest BCUT2D eigenvalue weighted by Gasteiger charge is -2.15. The van der Waals surface area contributed by atoms with Crippen molar-refractivity contribution in [1.29, 1.82) is 0 Å². The van der Waals surface area contributed by atoms with Gasteiger partial charge in [-0.1, -0.05) is 6.07 Å². The molecule has 1 heterocycles. The van der Waals surface area contributed by atoms with Crippen molar-refractivity contribution in [3.63, 3.8) is 0 Å². The van der Waals surface area contributed by atoms with Crippen LogP contribution in [0.5, 0.6) is 11.6 Å². The zero-order valence-corrected chi connectivity index (χ0v) is 12.0. The number of halogens is 3. The first-order chi connectivity index (χ1) is 10.8. The molecule has 1 aromatic carbocycles. The summed E-state index contributed by atoms with van der Waals surface area (Å²) in [6.07, 6.45) is -4.55. The first-order valence-electron chi connectivity index (χ1n) is 6.64. The van der Waals surface area contributed by atoms with Crippen LogP contribution < -0.4 is 10.1 Å². The molecule has 0 unspecified atom stereocenters. The quantitative estimate of drug-likeness (QED) is 0.868. The van der Waals surface area contributed by atoms with Gasteiger partial charge in [0.05, 0.1) is 5.56 Å². The van der Waals surface area contributed by atoms with Gasteiger partial charge < -0.3 is 15.2 Å². The number of pyridine rings is 1. The van der Waals surface area contributed by atoms with E-state index in [0.717, 1.165) is 6.07 Å². The van der Waals surface area contributed by atoms with Crippen LogP contribution in [0.25, 0.3) is 0 Å². The summed E-state index contributed by atoms with van der Waals surface area (Å²) in [4.78, 5) is 14.5. The third-order valence-corrected chi connectivity index (χ3v) is 2.83. The highest BCUT2D eigenvalue weighted by Gasteiger charge is 2.34. The Hall–Kier alpha value is -2.77. The van der Waals surface area contributed by atoms with E-state index in [1.165, 1.54) is 30.3 Å². The van der Waals surface area contributed by atoms with Gasteiger partial charge in [-0.25, -0.2) is 9.78 Å². The number of ether oxygens (including phenoxy) is 1. The van der Waals surface area contributed by atoms with Crippen LogP contribution in [-0.2, 0) is 6.18 Å². The number of carbonyl (C=O) groups is 1. The molecule has 0 aliphatic rings. The van der Waals surface area contributed by atoms with Gasteiger partial charge in [-0.05, 0) is 31.2 Å². The minimum absolute atomic E-state index is 0.0559. The van der Waals surface area contributed by atoms with Crippen molar-refractivity contribution in [2.75, 3.05) is 11.9 Å².